The van der Waals surface area contributed by atoms with Crippen molar-refractivity contribution >= 4 is 27.7 Å². The molecule has 0 saturated heterocycles. The molecule has 0 atom stereocenters. The van der Waals surface area contributed by atoms with Crippen LogP contribution < -0.4 is 4.74 Å². The van der Waals surface area contributed by atoms with Crippen LogP contribution in [0.3, 0.4) is 0 Å². The third-order valence-electron chi connectivity index (χ3n) is 3.82. The van der Waals surface area contributed by atoms with Crippen molar-refractivity contribution in [1.29, 1.82) is 0 Å². The number of fused-ring (bicyclic) bond motifs is 1. The molecule has 0 fully saturated rings. The minimum atomic E-state index is -0.481. The maximum Gasteiger partial charge on any atom is 0.253 e. The fourth-order valence-corrected chi connectivity index (χ4v) is 2.72. The van der Waals surface area contributed by atoms with Crippen LogP contribution in [0.4, 0.5) is 0 Å². The third-order valence-corrected chi connectivity index (χ3v) is 4.03. The Morgan fingerprint density at radius 3 is 2.75 bits per heavy atom. The lowest BCUT2D eigenvalue weighted by Gasteiger charge is -2.09. The summed E-state index contributed by atoms with van der Waals surface area (Å²) in [5.74, 6) is 0.801. The van der Waals surface area contributed by atoms with Gasteiger partial charge in [-0.3, -0.25) is 4.79 Å². The van der Waals surface area contributed by atoms with E-state index in [-0.39, 0.29) is 0 Å². The molecule has 3 aromatic rings. The number of ether oxygens (including phenoxy) is 1. The van der Waals surface area contributed by atoms with Gasteiger partial charge in [0.2, 0.25) is 0 Å². The fraction of sp³-hybridized carbons (Fsp3) is 0.200. The number of pyridine rings is 1. The van der Waals surface area contributed by atoms with Crippen molar-refractivity contribution in [3.05, 3.63) is 60.2 Å². The Balaban J connectivity index is 2.03. The molecular weight excluding hydrogens is 322 g/mol. The summed E-state index contributed by atoms with van der Waals surface area (Å²) in [4.78, 5) is 16.5. The van der Waals surface area contributed by atoms with Crippen molar-refractivity contribution in [1.82, 2.24) is 4.98 Å². The van der Waals surface area contributed by atoms with Gasteiger partial charge in [-0.05, 0) is 42.3 Å². The van der Waals surface area contributed by atoms with Gasteiger partial charge in [0.25, 0.3) is 5.24 Å². The first-order chi connectivity index (χ1) is 11.7. The van der Waals surface area contributed by atoms with Crippen molar-refractivity contribution in [2.45, 2.75) is 19.8 Å². The Bertz CT molecular complexity index is 876. The number of aromatic nitrogens is 1. The molecule has 0 aliphatic carbocycles. The molecule has 1 aromatic heterocycles. The highest BCUT2D eigenvalue weighted by Gasteiger charge is 2.12. The maximum atomic E-state index is 11.8. The van der Waals surface area contributed by atoms with E-state index in [1.165, 1.54) is 0 Å². The molecule has 0 spiro atoms. The molecule has 0 aliphatic heterocycles. The molecule has 122 valence electrons. The lowest BCUT2D eigenvalue weighted by molar-refractivity contribution is 0.108. The van der Waals surface area contributed by atoms with E-state index < -0.39 is 5.24 Å². The molecule has 0 N–H and O–H groups in total. The third kappa shape index (κ3) is 3.57. The monoisotopic (exact) mass is 339 g/mol. The van der Waals surface area contributed by atoms with Gasteiger partial charge >= 0.3 is 0 Å². The standard InChI is InChI=1S/C20H18ClNO2/c1-2-3-11-24-15-8-6-7-14(12-15)19-13-17(20(21)23)16-9-4-5-10-18(16)22-19/h4-10,12-13H,2-3,11H2,1H3. The summed E-state index contributed by atoms with van der Waals surface area (Å²) in [5, 5.41) is 0.279. The molecule has 0 aliphatic rings. The van der Waals surface area contributed by atoms with Gasteiger partial charge in [-0.15, -0.1) is 0 Å². The molecule has 0 radical (unpaired) electrons. The second-order valence-electron chi connectivity index (χ2n) is 5.58. The summed E-state index contributed by atoms with van der Waals surface area (Å²) in [6, 6.07) is 17.0. The number of para-hydroxylation sites is 1. The predicted octanol–water partition coefficient (Wildman–Crippen LogP) is 5.46. The molecule has 0 bridgehead atoms. The largest absolute Gasteiger partial charge is 0.494 e. The topological polar surface area (TPSA) is 39.2 Å². The summed E-state index contributed by atoms with van der Waals surface area (Å²) < 4.78 is 5.75. The number of hydrogen-bond donors (Lipinski definition) is 0. The molecule has 3 rings (SSSR count). The van der Waals surface area contributed by atoms with Gasteiger partial charge in [-0.2, -0.15) is 0 Å². The lowest BCUT2D eigenvalue weighted by atomic mass is 10.0. The van der Waals surface area contributed by atoms with Gasteiger partial charge in [0, 0.05) is 16.5 Å². The van der Waals surface area contributed by atoms with Gasteiger partial charge < -0.3 is 4.74 Å². The number of halogens is 1. The molecule has 3 nitrogen and oxygen atoms in total. The highest BCUT2D eigenvalue weighted by atomic mass is 35.5. The zero-order chi connectivity index (χ0) is 16.9. The van der Waals surface area contributed by atoms with Gasteiger partial charge in [-0.1, -0.05) is 43.7 Å². The summed E-state index contributed by atoms with van der Waals surface area (Å²) >= 11 is 5.77. The Morgan fingerprint density at radius 2 is 1.96 bits per heavy atom. The van der Waals surface area contributed by atoms with E-state index >= 15 is 0 Å². The average molecular weight is 340 g/mol. The Hall–Kier alpha value is -2.39. The van der Waals surface area contributed by atoms with Crippen molar-refractivity contribution < 1.29 is 9.53 Å². The number of carbonyl (C=O) groups is 1. The van der Waals surface area contributed by atoms with E-state index in [1.807, 2.05) is 48.5 Å². The van der Waals surface area contributed by atoms with Crippen LogP contribution in [0.2, 0.25) is 0 Å². The van der Waals surface area contributed by atoms with Crippen LogP contribution in [0.5, 0.6) is 5.75 Å². The second-order valence-corrected chi connectivity index (χ2v) is 5.92. The molecule has 0 amide bonds. The minimum Gasteiger partial charge on any atom is -0.494 e. The van der Waals surface area contributed by atoms with Crippen LogP contribution in [0.15, 0.2) is 54.6 Å². The Morgan fingerprint density at radius 1 is 1.12 bits per heavy atom. The van der Waals surface area contributed by atoms with E-state index in [9.17, 15) is 4.79 Å². The molecule has 2 aromatic carbocycles. The molecular formula is C20H18ClNO2. The maximum absolute atomic E-state index is 11.8. The summed E-state index contributed by atoms with van der Waals surface area (Å²) in [6.07, 6.45) is 2.11. The zero-order valence-electron chi connectivity index (χ0n) is 13.5. The number of rotatable bonds is 6. The molecule has 1 heterocycles. The molecule has 0 unspecified atom stereocenters. The van der Waals surface area contributed by atoms with Gasteiger partial charge in [0.1, 0.15) is 5.75 Å². The van der Waals surface area contributed by atoms with Crippen LogP contribution in [0, 0.1) is 0 Å². The van der Waals surface area contributed by atoms with Gasteiger partial charge in [-0.25, -0.2) is 4.98 Å². The highest BCUT2D eigenvalue weighted by molar-refractivity contribution is 6.68. The van der Waals surface area contributed by atoms with E-state index in [1.54, 1.807) is 6.07 Å². The van der Waals surface area contributed by atoms with Gasteiger partial charge in [0.05, 0.1) is 17.8 Å². The van der Waals surface area contributed by atoms with E-state index in [0.29, 0.717) is 17.9 Å². The SMILES string of the molecule is CCCCOc1cccc(-c2cc(C(=O)Cl)c3ccccc3n2)c1. The molecule has 0 saturated carbocycles. The number of benzene rings is 2. The number of hydrogen-bond acceptors (Lipinski definition) is 3. The second kappa shape index (κ2) is 7.45. The highest BCUT2D eigenvalue weighted by Crippen LogP contribution is 2.28. The van der Waals surface area contributed by atoms with Gasteiger partial charge in [0.15, 0.2) is 0 Å². The van der Waals surface area contributed by atoms with E-state index in [2.05, 4.69) is 11.9 Å². The first kappa shape index (κ1) is 16.5. The fourth-order valence-electron chi connectivity index (χ4n) is 2.57. The lowest BCUT2D eigenvalue weighted by Crippen LogP contribution is -1.98. The quantitative estimate of drug-likeness (QED) is 0.442. The molecule has 4 heteroatoms. The average Bonchev–Trinajstić information content (AvgIpc) is 2.61. The van der Waals surface area contributed by atoms with Crippen LogP contribution in [-0.2, 0) is 0 Å². The van der Waals surface area contributed by atoms with Crippen LogP contribution in [0.25, 0.3) is 22.2 Å². The normalized spacial score (nSPS) is 10.8. The first-order valence-electron chi connectivity index (χ1n) is 8.02. The zero-order valence-corrected chi connectivity index (χ0v) is 14.2. The Labute approximate surface area is 146 Å². The van der Waals surface area contributed by atoms with Crippen LogP contribution >= 0.6 is 11.6 Å². The van der Waals surface area contributed by atoms with E-state index in [0.717, 1.165) is 35.1 Å². The Kier molecular flexibility index (Phi) is 5.11. The smallest absolute Gasteiger partial charge is 0.253 e. The first-order valence-corrected chi connectivity index (χ1v) is 8.39. The van der Waals surface area contributed by atoms with Crippen molar-refractivity contribution in [3.8, 4) is 17.0 Å². The number of carbonyl (C=O) groups excluding carboxylic acids is 1. The summed E-state index contributed by atoms with van der Waals surface area (Å²) in [6.45, 7) is 2.82. The van der Waals surface area contributed by atoms with E-state index in [4.69, 9.17) is 16.3 Å². The van der Waals surface area contributed by atoms with Crippen LogP contribution in [-0.4, -0.2) is 16.8 Å². The van der Waals surface area contributed by atoms with Crippen molar-refractivity contribution in [3.63, 3.8) is 0 Å². The number of nitrogens with zero attached hydrogens (tertiary/aromatic N) is 1. The predicted molar refractivity (Wildman–Crippen MR) is 97.8 cm³/mol. The summed E-state index contributed by atoms with van der Waals surface area (Å²) in [7, 11) is 0. The number of unbranched alkanes of at least 4 members (excludes halogenated alkanes) is 1. The minimum absolute atomic E-state index is 0.467. The molecule has 24 heavy (non-hydrogen) atoms. The van der Waals surface area contributed by atoms with Crippen molar-refractivity contribution in [2.75, 3.05) is 6.61 Å². The van der Waals surface area contributed by atoms with Crippen molar-refractivity contribution in [2.24, 2.45) is 0 Å². The van der Waals surface area contributed by atoms with Crippen LogP contribution in [0.1, 0.15) is 30.1 Å². The summed E-state index contributed by atoms with van der Waals surface area (Å²) in [5.41, 5.74) is 2.82.